The van der Waals surface area contributed by atoms with Gasteiger partial charge in [0.2, 0.25) is 5.91 Å². The highest BCUT2D eigenvalue weighted by Gasteiger charge is 2.37. The molecule has 0 N–H and O–H groups in total. The zero-order valence-corrected chi connectivity index (χ0v) is 12.2. The Morgan fingerprint density at radius 1 is 1.24 bits per heavy atom. The van der Waals surface area contributed by atoms with Gasteiger partial charge in [0, 0.05) is 13.0 Å². The number of benzene rings is 1. The molecule has 1 unspecified atom stereocenters. The number of anilines is 1. The zero-order chi connectivity index (χ0) is 15.6. The third-order valence-corrected chi connectivity index (χ3v) is 3.57. The topological polar surface area (TPSA) is 72.9 Å². The summed E-state index contributed by atoms with van der Waals surface area (Å²) in [5.41, 5.74) is 1.59. The Morgan fingerprint density at radius 3 is 2.57 bits per heavy atom. The van der Waals surface area contributed by atoms with Crippen LogP contribution in [0.4, 0.5) is 5.69 Å². The fraction of sp³-hybridized carbons (Fsp3) is 0.400. The Hall–Kier alpha value is -2.37. The van der Waals surface area contributed by atoms with Gasteiger partial charge in [-0.05, 0) is 18.6 Å². The van der Waals surface area contributed by atoms with Gasteiger partial charge in [0.05, 0.1) is 31.4 Å². The highest BCUT2D eigenvalue weighted by Crippen LogP contribution is 2.32. The minimum absolute atomic E-state index is 0.0849. The Morgan fingerprint density at radius 2 is 1.95 bits per heavy atom. The molecule has 1 amide bonds. The molecule has 21 heavy (non-hydrogen) atoms. The quantitative estimate of drug-likeness (QED) is 0.785. The van der Waals surface area contributed by atoms with Crippen LogP contribution in [-0.4, -0.2) is 38.6 Å². The summed E-state index contributed by atoms with van der Waals surface area (Å²) in [5.74, 6) is -1.64. The lowest BCUT2D eigenvalue weighted by Gasteiger charge is -2.21. The number of esters is 2. The van der Waals surface area contributed by atoms with Crippen LogP contribution in [0.1, 0.15) is 22.3 Å². The van der Waals surface area contributed by atoms with Gasteiger partial charge in [-0.25, -0.2) is 4.79 Å². The molecule has 0 spiro atoms. The molecule has 1 atom stereocenters. The monoisotopic (exact) mass is 291 g/mol. The lowest BCUT2D eigenvalue weighted by molar-refractivity contribution is -0.145. The maximum absolute atomic E-state index is 12.2. The van der Waals surface area contributed by atoms with E-state index in [2.05, 4.69) is 4.74 Å². The van der Waals surface area contributed by atoms with E-state index < -0.39 is 17.9 Å². The van der Waals surface area contributed by atoms with Gasteiger partial charge in [0.25, 0.3) is 0 Å². The lowest BCUT2D eigenvalue weighted by atomic mass is 10.1. The number of ether oxygens (including phenoxy) is 2. The molecule has 2 rings (SSSR count). The number of rotatable bonds is 3. The minimum Gasteiger partial charge on any atom is -0.469 e. The smallest absolute Gasteiger partial charge is 0.339 e. The van der Waals surface area contributed by atoms with Gasteiger partial charge in [-0.3, -0.25) is 9.59 Å². The lowest BCUT2D eigenvalue weighted by Crippen LogP contribution is -2.28. The number of para-hydroxylation sites is 1. The molecule has 1 aliphatic rings. The Bertz CT molecular complexity index is 596. The highest BCUT2D eigenvalue weighted by atomic mass is 16.5. The second kappa shape index (κ2) is 5.95. The molecule has 6 nitrogen and oxygen atoms in total. The molecular weight excluding hydrogens is 274 g/mol. The van der Waals surface area contributed by atoms with E-state index in [0.717, 1.165) is 5.56 Å². The first-order chi connectivity index (χ1) is 9.99. The van der Waals surface area contributed by atoms with Gasteiger partial charge >= 0.3 is 11.9 Å². The number of carbonyl (C=O) groups is 3. The summed E-state index contributed by atoms with van der Waals surface area (Å²) in [5, 5.41) is 0. The first-order valence-corrected chi connectivity index (χ1v) is 6.55. The summed E-state index contributed by atoms with van der Waals surface area (Å²) >= 11 is 0. The van der Waals surface area contributed by atoms with Crippen LogP contribution in [0, 0.1) is 12.8 Å². The second-order valence-electron chi connectivity index (χ2n) is 4.89. The first-order valence-electron chi connectivity index (χ1n) is 6.55. The molecule has 1 aromatic carbocycles. The maximum atomic E-state index is 12.2. The van der Waals surface area contributed by atoms with Gasteiger partial charge in [0.1, 0.15) is 0 Å². The second-order valence-corrected chi connectivity index (χ2v) is 4.89. The van der Waals surface area contributed by atoms with Crippen molar-refractivity contribution in [1.82, 2.24) is 0 Å². The molecule has 6 heteroatoms. The number of methoxy groups -OCH3 is 2. The average molecular weight is 291 g/mol. The summed E-state index contributed by atoms with van der Waals surface area (Å²) < 4.78 is 9.44. The number of nitrogens with zero attached hydrogens (tertiary/aromatic N) is 1. The molecule has 0 aliphatic carbocycles. The summed E-state index contributed by atoms with van der Waals surface area (Å²) in [6, 6.07) is 5.14. The molecule has 0 aromatic heterocycles. The van der Waals surface area contributed by atoms with Gasteiger partial charge < -0.3 is 14.4 Å². The van der Waals surface area contributed by atoms with Crippen LogP contribution >= 0.6 is 0 Å². The van der Waals surface area contributed by atoms with Crippen molar-refractivity contribution in [3.63, 3.8) is 0 Å². The van der Waals surface area contributed by atoms with Gasteiger partial charge in [-0.15, -0.1) is 0 Å². The van der Waals surface area contributed by atoms with E-state index in [1.54, 1.807) is 25.1 Å². The van der Waals surface area contributed by atoms with Crippen LogP contribution in [0.2, 0.25) is 0 Å². The number of hydrogen-bond acceptors (Lipinski definition) is 5. The zero-order valence-electron chi connectivity index (χ0n) is 12.2. The van der Waals surface area contributed by atoms with Crippen molar-refractivity contribution in [3.05, 3.63) is 29.3 Å². The molecule has 0 saturated carbocycles. The van der Waals surface area contributed by atoms with Gasteiger partial charge in [0.15, 0.2) is 0 Å². The number of aryl methyl sites for hydroxylation is 1. The van der Waals surface area contributed by atoms with Crippen LogP contribution in [0.5, 0.6) is 0 Å². The maximum Gasteiger partial charge on any atom is 0.339 e. The molecule has 112 valence electrons. The molecule has 1 aromatic rings. The van der Waals surface area contributed by atoms with Crippen LogP contribution in [0.3, 0.4) is 0 Å². The van der Waals surface area contributed by atoms with E-state index in [9.17, 15) is 14.4 Å². The van der Waals surface area contributed by atoms with Crippen molar-refractivity contribution in [1.29, 1.82) is 0 Å². The van der Waals surface area contributed by atoms with Gasteiger partial charge in [-0.2, -0.15) is 0 Å². The first kappa shape index (κ1) is 15.0. The van der Waals surface area contributed by atoms with Crippen LogP contribution in [0.15, 0.2) is 18.2 Å². The van der Waals surface area contributed by atoms with E-state index >= 15 is 0 Å². The van der Waals surface area contributed by atoms with Crippen molar-refractivity contribution >= 4 is 23.5 Å². The van der Waals surface area contributed by atoms with Crippen LogP contribution in [-0.2, 0) is 19.1 Å². The molecular formula is C15H17NO5. The van der Waals surface area contributed by atoms with Crippen LogP contribution in [0.25, 0.3) is 0 Å². The standard InChI is InChI=1S/C15H17NO5/c1-9-5-4-6-11(15(19)21-3)13(9)16-8-10(7-12(16)17)14(18)20-2/h4-6,10H,7-8H2,1-3H3. The normalized spacial score (nSPS) is 17.8. The van der Waals surface area contributed by atoms with E-state index in [1.165, 1.54) is 19.1 Å². The molecule has 1 heterocycles. The Kier molecular flexibility index (Phi) is 4.26. The van der Waals surface area contributed by atoms with E-state index in [1.807, 2.05) is 0 Å². The average Bonchev–Trinajstić information content (AvgIpc) is 2.87. The summed E-state index contributed by atoms with van der Waals surface area (Å²) in [6.45, 7) is 2.01. The largest absolute Gasteiger partial charge is 0.469 e. The minimum atomic E-state index is -0.511. The van der Waals surface area contributed by atoms with Crippen LogP contribution < -0.4 is 4.90 Å². The number of amides is 1. The summed E-state index contributed by atoms with van der Waals surface area (Å²) in [7, 11) is 2.58. The van der Waals surface area contributed by atoms with Crippen molar-refractivity contribution in [2.45, 2.75) is 13.3 Å². The molecule has 0 bridgehead atoms. The van der Waals surface area contributed by atoms with Crippen molar-refractivity contribution < 1.29 is 23.9 Å². The fourth-order valence-electron chi connectivity index (χ4n) is 2.54. The molecule has 1 saturated heterocycles. The van der Waals surface area contributed by atoms with E-state index in [4.69, 9.17) is 4.74 Å². The predicted molar refractivity (Wildman–Crippen MR) is 75.0 cm³/mol. The van der Waals surface area contributed by atoms with Crippen molar-refractivity contribution in [3.8, 4) is 0 Å². The highest BCUT2D eigenvalue weighted by molar-refractivity contribution is 6.06. The Balaban J connectivity index is 2.40. The predicted octanol–water partition coefficient (Wildman–Crippen LogP) is 1.31. The van der Waals surface area contributed by atoms with Crippen molar-refractivity contribution in [2.24, 2.45) is 5.92 Å². The SMILES string of the molecule is COC(=O)c1cccc(C)c1N1CC(C(=O)OC)CC1=O. The van der Waals surface area contributed by atoms with Crippen molar-refractivity contribution in [2.75, 3.05) is 25.7 Å². The molecule has 0 radical (unpaired) electrons. The van der Waals surface area contributed by atoms with E-state index in [-0.39, 0.29) is 18.9 Å². The van der Waals surface area contributed by atoms with Gasteiger partial charge in [-0.1, -0.05) is 12.1 Å². The number of hydrogen-bond donors (Lipinski definition) is 0. The third-order valence-electron chi connectivity index (χ3n) is 3.57. The summed E-state index contributed by atoms with van der Waals surface area (Å²) in [4.78, 5) is 37.1. The van der Waals surface area contributed by atoms with E-state index in [0.29, 0.717) is 11.3 Å². The Labute approximate surface area is 122 Å². The number of carbonyl (C=O) groups excluding carboxylic acids is 3. The third kappa shape index (κ3) is 2.74. The molecule has 1 aliphatic heterocycles. The molecule has 1 fully saturated rings. The summed E-state index contributed by atoms with van der Waals surface area (Å²) in [6.07, 6.45) is 0.0849. The fourth-order valence-corrected chi connectivity index (χ4v) is 2.54.